The van der Waals surface area contributed by atoms with Crippen LogP contribution in [0.4, 0.5) is 0 Å². The van der Waals surface area contributed by atoms with E-state index in [9.17, 15) is 0 Å². The Labute approximate surface area is 125 Å². The van der Waals surface area contributed by atoms with Crippen molar-refractivity contribution in [2.24, 2.45) is 0 Å². The Kier molecular flexibility index (Phi) is 6.11. The molecule has 0 bridgehead atoms. The number of nitrogens with one attached hydrogen (secondary N) is 1. The molecule has 0 radical (unpaired) electrons. The number of nitrogens with zero attached hydrogens (tertiary/aromatic N) is 2. The van der Waals surface area contributed by atoms with Crippen LogP contribution < -0.4 is 5.32 Å². The minimum Gasteiger partial charge on any atom is -0.379 e. The van der Waals surface area contributed by atoms with Crippen molar-refractivity contribution in [1.82, 2.24) is 15.2 Å². The van der Waals surface area contributed by atoms with E-state index in [0.717, 1.165) is 43.5 Å². The van der Waals surface area contributed by atoms with E-state index >= 15 is 0 Å². The first-order chi connectivity index (χ1) is 9.81. The maximum absolute atomic E-state index is 5.53. The molecule has 0 saturated carbocycles. The van der Waals surface area contributed by atoms with Crippen molar-refractivity contribution >= 4 is 17.2 Å². The summed E-state index contributed by atoms with van der Waals surface area (Å²) in [7, 11) is 0. The molecular weight excluding hydrogens is 270 g/mol. The zero-order chi connectivity index (χ0) is 14.2. The molecule has 0 aliphatic carbocycles. The van der Waals surface area contributed by atoms with Gasteiger partial charge in [-0.05, 0) is 12.1 Å². The molecular formula is C15H21N3OS. The molecule has 5 heteroatoms. The summed E-state index contributed by atoms with van der Waals surface area (Å²) in [5, 5.41) is 3.24. The highest BCUT2D eigenvalue weighted by molar-refractivity contribution is 7.80. The topological polar surface area (TPSA) is 37.4 Å². The van der Waals surface area contributed by atoms with Gasteiger partial charge in [0.15, 0.2) is 0 Å². The molecule has 4 nitrogen and oxygen atoms in total. The largest absolute Gasteiger partial charge is 0.379 e. The zero-order valence-corrected chi connectivity index (χ0v) is 12.4. The van der Waals surface area contributed by atoms with E-state index < -0.39 is 0 Å². The maximum atomic E-state index is 5.53. The summed E-state index contributed by atoms with van der Waals surface area (Å²) in [6.45, 7) is 8.77. The number of ether oxygens (including phenoxy) is 1. The van der Waals surface area contributed by atoms with Gasteiger partial charge in [0, 0.05) is 32.4 Å². The molecule has 1 aromatic rings. The van der Waals surface area contributed by atoms with Crippen LogP contribution in [0.2, 0.25) is 0 Å². The van der Waals surface area contributed by atoms with Crippen LogP contribution in [0.5, 0.6) is 0 Å². The van der Waals surface area contributed by atoms with E-state index in [2.05, 4.69) is 21.8 Å². The van der Waals surface area contributed by atoms with Crippen LogP contribution in [-0.2, 0) is 4.74 Å². The standard InChI is InChI=1S/C15H21N3OS/c1-2-6-17-15(20)13(14-5-3-4-7-16-14)12-18-8-10-19-11-9-18/h2-5,7,13H,1,6,8-12H2,(H,17,20). The fraction of sp³-hybridized carbons (Fsp3) is 0.467. The van der Waals surface area contributed by atoms with Gasteiger partial charge in [0.05, 0.1) is 29.8 Å². The van der Waals surface area contributed by atoms with Gasteiger partial charge in [-0.1, -0.05) is 24.4 Å². The third-order valence-electron chi connectivity index (χ3n) is 3.33. The molecule has 1 atom stereocenters. The second-order valence-corrected chi connectivity index (χ2v) is 5.19. The third-order valence-corrected chi connectivity index (χ3v) is 3.76. The van der Waals surface area contributed by atoms with Crippen molar-refractivity contribution in [3.05, 3.63) is 42.7 Å². The number of thiocarbonyl (C=S) groups is 1. The van der Waals surface area contributed by atoms with Crippen molar-refractivity contribution < 1.29 is 4.74 Å². The molecule has 1 saturated heterocycles. The Morgan fingerprint density at radius 1 is 1.50 bits per heavy atom. The maximum Gasteiger partial charge on any atom is 0.0860 e. The second kappa shape index (κ2) is 8.09. The van der Waals surface area contributed by atoms with Gasteiger partial charge in [-0.15, -0.1) is 6.58 Å². The normalized spacial score (nSPS) is 17.4. The van der Waals surface area contributed by atoms with Crippen LogP contribution in [0.3, 0.4) is 0 Å². The molecule has 108 valence electrons. The minimum atomic E-state index is 0.115. The molecule has 1 aliphatic rings. The first kappa shape index (κ1) is 15.1. The van der Waals surface area contributed by atoms with Crippen molar-refractivity contribution in [3.63, 3.8) is 0 Å². The number of aromatic nitrogens is 1. The average molecular weight is 291 g/mol. The van der Waals surface area contributed by atoms with E-state index in [1.807, 2.05) is 30.5 Å². The predicted molar refractivity (Wildman–Crippen MR) is 85.0 cm³/mol. The second-order valence-electron chi connectivity index (χ2n) is 4.75. The van der Waals surface area contributed by atoms with Crippen molar-refractivity contribution in [2.75, 3.05) is 39.4 Å². The number of rotatable bonds is 6. The molecule has 2 rings (SSSR count). The highest BCUT2D eigenvalue weighted by atomic mass is 32.1. The predicted octanol–water partition coefficient (Wildman–Crippen LogP) is 1.60. The van der Waals surface area contributed by atoms with Crippen LogP contribution in [0.15, 0.2) is 37.1 Å². The molecule has 2 heterocycles. The molecule has 1 fully saturated rings. The Balaban J connectivity index is 2.06. The fourth-order valence-electron chi connectivity index (χ4n) is 2.23. The Bertz CT molecular complexity index is 432. The van der Waals surface area contributed by atoms with Gasteiger partial charge in [0.2, 0.25) is 0 Å². The van der Waals surface area contributed by atoms with E-state index in [1.165, 1.54) is 0 Å². The molecule has 1 N–H and O–H groups in total. The summed E-state index contributed by atoms with van der Waals surface area (Å²) in [6, 6.07) is 5.97. The SMILES string of the molecule is C=CCNC(=S)C(CN1CCOCC1)c1ccccn1. The van der Waals surface area contributed by atoms with Crippen molar-refractivity contribution in [2.45, 2.75) is 5.92 Å². The summed E-state index contributed by atoms with van der Waals surface area (Å²) < 4.78 is 5.39. The van der Waals surface area contributed by atoms with Gasteiger partial charge < -0.3 is 10.1 Å². The number of hydrogen-bond acceptors (Lipinski definition) is 4. The Morgan fingerprint density at radius 3 is 2.95 bits per heavy atom. The summed E-state index contributed by atoms with van der Waals surface area (Å²) >= 11 is 5.53. The highest BCUT2D eigenvalue weighted by Crippen LogP contribution is 2.17. The van der Waals surface area contributed by atoms with Crippen LogP contribution in [0, 0.1) is 0 Å². The smallest absolute Gasteiger partial charge is 0.0860 e. The Morgan fingerprint density at radius 2 is 2.30 bits per heavy atom. The summed E-state index contributed by atoms with van der Waals surface area (Å²) in [4.78, 5) is 7.67. The molecule has 0 spiro atoms. The molecule has 20 heavy (non-hydrogen) atoms. The first-order valence-electron chi connectivity index (χ1n) is 6.91. The van der Waals surface area contributed by atoms with Crippen LogP contribution in [-0.4, -0.2) is 54.3 Å². The number of hydrogen-bond donors (Lipinski definition) is 1. The summed E-state index contributed by atoms with van der Waals surface area (Å²) in [6.07, 6.45) is 3.63. The molecule has 0 amide bonds. The van der Waals surface area contributed by atoms with Gasteiger partial charge in [0.1, 0.15) is 0 Å². The van der Waals surface area contributed by atoms with Gasteiger partial charge in [-0.2, -0.15) is 0 Å². The zero-order valence-electron chi connectivity index (χ0n) is 11.6. The fourth-order valence-corrected chi connectivity index (χ4v) is 2.51. The quantitative estimate of drug-likeness (QED) is 0.636. The molecule has 1 unspecified atom stereocenters. The monoisotopic (exact) mass is 291 g/mol. The highest BCUT2D eigenvalue weighted by Gasteiger charge is 2.22. The van der Waals surface area contributed by atoms with Gasteiger partial charge in [0.25, 0.3) is 0 Å². The van der Waals surface area contributed by atoms with Gasteiger partial charge in [-0.25, -0.2) is 0 Å². The first-order valence-corrected chi connectivity index (χ1v) is 7.31. The summed E-state index contributed by atoms with van der Waals surface area (Å²) in [5.41, 5.74) is 1.01. The van der Waals surface area contributed by atoms with Gasteiger partial charge in [-0.3, -0.25) is 9.88 Å². The minimum absolute atomic E-state index is 0.115. The van der Waals surface area contributed by atoms with E-state index in [-0.39, 0.29) is 5.92 Å². The van der Waals surface area contributed by atoms with Crippen molar-refractivity contribution in [3.8, 4) is 0 Å². The lowest BCUT2D eigenvalue weighted by Crippen LogP contribution is -2.42. The van der Waals surface area contributed by atoms with E-state index in [1.54, 1.807) is 0 Å². The molecule has 0 aromatic carbocycles. The van der Waals surface area contributed by atoms with Crippen LogP contribution in [0.25, 0.3) is 0 Å². The van der Waals surface area contributed by atoms with Crippen LogP contribution in [0.1, 0.15) is 11.6 Å². The molecule has 1 aliphatic heterocycles. The Hall–Kier alpha value is -1.30. The number of pyridine rings is 1. The lowest BCUT2D eigenvalue weighted by Gasteiger charge is -2.30. The number of morpholine rings is 1. The average Bonchev–Trinajstić information content (AvgIpc) is 2.52. The third kappa shape index (κ3) is 4.37. The van der Waals surface area contributed by atoms with Crippen LogP contribution >= 0.6 is 12.2 Å². The summed E-state index contributed by atoms with van der Waals surface area (Å²) in [5.74, 6) is 0.115. The lowest BCUT2D eigenvalue weighted by atomic mass is 10.0. The van der Waals surface area contributed by atoms with Gasteiger partial charge >= 0.3 is 0 Å². The van der Waals surface area contributed by atoms with E-state index in [4.69, 9.17) is 17.0 Å². The molecule has 1 aromatic heterocycles. The lowest BCUT2D eigenvalue weighted by molar-refractivity contribution is 0.0372. The van der Waals surface area contributed by atoms with Crippen molar-refractivity contribution in [1.29, 1.82) is 0 Å². The van der Waals surface area contributed by atoms with E-state index in [0.29, 0.717) is 6.54 Å².